The Morgan fingerprint density at radius 2 is 1.61 bits per heavy atom. The number of nitrogens with one attached hydrogen (secondary N) is 1. The van der Waals surface area contributed by atoms with Crippen molar-refractivity contribution in [2.45, 2.75) is 6.92 Å². The van der Waals surface area contributed by atoms with E-state index >= 15 is 0 Å². The van der Waals surface area contributed by atoms with E-state index in [0.717, 1.165) is 5.56 Å². The second-order valence-corrected chi connectivity index (χ2v) is 6.08. The predicted molar refractivity (Wildman–Crippen MR) is 106 cm³/mol. The molecule has 8 heteroatoms. The molecule has 0 saturated heterocycles. The summed E-state index contributed by atoms with van der Waals surface area (Å²) >= 11 is 0. The fourth-order valence-corrected chi connectivity index (χ4v) is 3.00. The van der Waals surface area contributed by atoms with E-state index in [1.165, 1.54) is 4.57 Å². The van der Waals surface area contributed by atoms with E-state index in [4.69, 9.17) is 5.73 Å². The maximum atomic E-state index is 13.5. The number of fused-ring (bicyclic) bond motifs is 1. The normalized spacial score (nSPS) is 10.8. The van der Waals surface area contributed by atoms with E-state index in [2.05, 4.69) is 20.3 Å². The minimum atomic E-state index is -0.822. The summed E-state index contributed by atoms with van der Waals surface area (Å²) in [7, 11) is 0. The van der Waals surface area contributed by atoms with Crippen LogP contribution in [0, 0.1) is 6.92 Å². The molecular weight excluding hydrogens is 356 g/mol. The van der Waals surface area contributed by atoms with Crippen molar-refractivity contribution in [1.29, 1.82) is 0 Å². The SMILES string of the molecule is Cc1nc(NC(N)=O)c2c(=O)n(-c3ccccc3)c(-c3ccccc3)nc2n1. The van der Waals surface area contributed by atoms with Crippen molar-refractivity contribution in [2.75, 3.05) is 5.32 Å². The number of carbonyl (C=O) groups is 1. The average Bonchev–Trinajstić information content (AvgIpc) is 2.68. The lowest BCUT2D eigenvalue weighted by Crippen LogP contribution is -2.26. The number of rotatable bonds is 3. The van der Waals surface area contributed by atoms with Crippen molar-refractivity contribution in [2.24, 2.45) is 5.73 Å². The van der Waals surface area contributed by atoms with Gasteiger partial charge in [0, 0.05) is 5.56 Å². The standard InChI is InChI=1S/C20H16N6O2/c1-12-22-16-15(17(23-12)25-20(21)28)19(27)26(14-10-6-3-7-11-14)18(24-16)13-8-4-2-5-9-13/h2-11H,1H3,(H3,21,22,23,25,28). The fraction of sp³-hybridized carbons (Fsp3) is 0.0500. The lowest BCUT2D eigenvalue weighted by atomic mass is 10.2. The number of primary amides is 1. The molecule has 0 bridgehead atoms. The number of hydrogen-bond acceptors (Lipinski definition) is 5. The molecule has 0 aliphatic heterocycles. The van der Waals surface area contributed by atoms with Gasteiger partial charge in [0.25, 0.3) is 5.56 Å². The average molecular weight is 372 g/mol. The zero-order valence-electron chi connectivity index (χ0n) is 15.0. The number of benzene rings is 2. The Bertz CT molecular complexity index is 1240. The number of hydrogen-bond donors (Lipinski definition) is 2. The van der Waals surface area contributed by atoms with Crippen LogP contribution < -0.4 is 16.6 Å². The first-order valence-corrected chi connectivity index (χ1v) is 8.53. The Labute approximate surface area is 159 Å². The summed E-state index contributed by atoms with van der Waals surface area (Å²) in [5.41, 5.74) is 6.42. The lowest BCUT2D eigenvalue weighted by Gasteiger charge is -2.15. The first kappa shape index (κ1) is 17.3. The molecule has 0 atom stereocenters. The number of anilines is 1. The van der Waals surface area contributed by atoms with Gasteiger partial charge in [0.05, 0.1) is 5.69 Å². The van der Waals surface area contributed by atoms with E-state index in [1.807, 2.05) is 48.5 Å². The minimum absolute atomic E-state index is 0.0387. The van der Waals surface area contributed by atoms with Crippen LogP contribution in [0.4, 0.5) is 10.6 Å². The van der Waals surface area contributed by atoms with E-state index < -0.39 is 11.6 Å². The maximum absolute atomic E-state index is 13.5. The van der Waals surface area contributed by atoms with Gasteiger partial charge in [-0.25, -0.2) is 19.7 Å². The maximum Gasteiger partial charge on any atom is 0.317 e. The van der Waals surface area contributed by atoms with Crippen molar-refractivity contribution in [3.8, 4) is 17.1 Å². The number of nitrogens with zero attached hydrogens (tertiary/aromatic N) is 4. The summed E-state index contributed by atoms with van der Waals surface area (Å²) in [5.74, 6) is 0.837. The highest BCUT2D eigenvalue weighted by atomic mass is 16.2. The second kappa shape index (κ2) is 6.92. The molecule has 8 nitrogen and oxygen atoms in total. The van der Waals surface area contributed by atoms with Gasteiger partial charge in [-0.3, -0.25) is 14.7 Å². The Morgan fingerprint density at radius 1 is 0.964 bits per heavy atom. The molecule has 3 N–H and O–H groups in total. The van der Waals surface area contributed by atoms with E-state index in [9.17, 15) is 9.59 Å². The van der Waals surface area contributed by atoms with Gasteiger partial charge in [0.1, 0.15) is 17.0 Å². The lowest BCUT2D eigenvalue weighted by molar-refractivity contribution is 0.259. The molecule has 0 radical (unpaired) electrons. The van der Waals surface area contributed by atoms with Gasteiger partial charge >= 0.3 is 6.03 Å². The zero-order valence-corrected chi connectivity index (χ0v) is 15.0. The molecule has 2 aromatic carbocycles. The first-order valence-electron chi connectivity index (χ1n) is 8.53. The second-order valence-electron chi connectivity index (χ2n) is 6.08. The van der Waals surface area contributed by atoms with Crippen molar-refractivity contribution in [1.82, 2.24) is 19.5 Å². The Kier molecular flexibility index (Phi) is 4.29. The third-order valence-electron chi connectivity index (χ3n) is 4.13. The van der Waals surface area contributed by atoms with Crippen LogP contribution in [0.25, 0.3) is 28.1 Å². The van der Waals surface area contributed by atoms with Gasteiger partial charge in [-0.05, 0) is 19.1 Å². The van der Waals surface area contributed by atoms with Crippen LogP contribution in [-0.2, 0) is 0 Å². The number of carbonyl (C=O) groups excluding carboxylic acids is 1. The summed E-state index contributed by atoms with van der Waals surface area (Å²) in [5, 5.41) is 2.49. The van der Waals surface area contributed by atoms with Gasteiger partial charge in [-0.15, -0.1) is 0 Å². The molecule has 0 unspecified atom stereocenters. The van der Waals surface area contributed by atoms with Crippen LogP contribution in [0.2, 0.25) is 0 Å². The number of urea groups is 1. The number of para-hydroxylation sites is 1. The van der Waals surface area contributed by atoms with Crippen LogP contribution >= 0.6 is 0 Å². The summed E-state index contributed by atoms with van der Waals surface area (Å²) in [6.45, 7) is 1.65. The monoisotopic (exact) mass is 372 g/mol. The molecule has 4 aromatic rings. The highest BCUT2D eigenvalue weighted by Gasteiger charge is 2.19. The third kappa shape index (κ3) is 3.07. The molecule has 138 valence electrons. The molecule has 0 aliphatic rings. The van der Waals surface area contributed by atoms with Gasteiger partial charge in [0.15, 0.2) is 11.5 Å². The quantitative estimate of drug-likeness (QED) is 0.573. The largest absolute Gasteiger partial charge is 0.351 e. The molecule has 0 fully saturated rings. The van der Waals surface area contributed by atoms with Crippen LogP contribution in [0.15, 0.2) is 65.5 Å². The number of nitrogens with two attached hydrogens (primary N) is 1. The molecule has 0 saturated carbocycles. The summed E-state index contributed by atoms with van der Waals surface area (Å²) < 4.78 is 1.47. The molecule has 2 amide bonds. The van der Waals surface area contributed by atoms with Gasteiger partial charge in [-0.1, -0.05) is 48.5 Å². The topological polar surface area (TPSA) is 116 Å². The first-order chi connectivity index (χ1) is 13.5. The van der Waals surface area contributed by atoms with Crippen molar-refractivity contribution < 1.29 is 4.79 Å². The number of aryl methyl sites for hydroxylation is 1. The van der Waals surface area contributed by atoms with Crippen molar-refractivity contribution in [3.05, 3.63) is 76.8 Å². The Hall–Kier alpha value is -4.07. The highest BCUT2D eigenvalue weighted by Crippen LogP contribution is 2.23. The predicted octanol–water partition coefficient (Wildman–Crippen LogP) is 2.64. The smallest absolute Gasteiger partial charge is 0.317 e. The van der Waals surface area contributed by atoms with Gasteiger partial charge in [-0.2, -0.15) is 0 Å². The summed E-state index contributed by atoms with van der Waals surface area (Å²) in [6.07, 6.45) is 0. The third-order valence-corrected chi connectivity index (χ3v) is 4.13. The van der Waals surface area contributed by atoms with Crippen LogP contribution in [-0.4, -0.2) is 25.6 Å². The Morgan fingerprint density at radius 3 is 2.25 bits per heavy atom. The summed E-state index contributed by atoms with van der Waals surface area (Å²) in [6, 6.07) is 17.6. The number of aromatic nitrogens is 4. The van der Waals surface area contributed by atoms with E-state index in [1.54, 1.807) is 19.1 Å². The number of amides is 2. The molecule has 4 rings (SSSR count). The minimum Gasteiger partial charge on any atom is -0.351 e. The van der Waals surface area contributed by atoms with E-state index in [0.29, 0.717) is 17.3 Å². The molecule has 0 spiro atoms. The highest BCUT2D eigenvalue weighted by molar-refractivity contribution is 5.97. The van der Waals surface area contributed by atoms with E-state index in [-0.39, 0.29) is 16.9 Å². The molecule has 2 aromatic heterocycles. The van der Waals surface area contributed by atoms with Crippen LogP contribution in [0.1, 0.15) is 5.82 Å². The van der Waals surface area contributed by atoms with Gasteiger partial charge in [0.2, 0.25) is 0 Å². The molecule has 2 heterocycles. The van der Waals surface area contributed by atoms with Crippen molar-refractivity contribution >= 4 is 22.9 Å². The van der Waals surface area contributed by atoms with Crippen molar-refractivity contribution in [3.63, 3.8) is 0 Å². The van der Waals surface area contributed by atoms with Crippen LogP contribution in [0.5, 0.6) is 0 Å². The Balaban J connectivity index is 2.14. The molecular formula is C20H16N6O2. The summed E-state index contributed by atoms with van der Waals surface area (Å²) in [4.78, 5) is 38.0. The zero-order chi connectivity index (χ0) is 19.7. The van der Waals surface area contributed by atoms with Gasteiger partial charge < -0.3 is 5.73 Å². The molecule has 28 heavy (non-hydrogen) atoms. The van der Waals surface area contributed by atoms with Crippen LogP contribution in [0.3, 0.4) is 0 Å². The fourth-order valence-electron chi connectivity index (χ4n) is 3.00. The molecule has 0 aliphatic carbocycles.